The highest BCUT2D eigenvalue weighted by Gasteiger charge is 2.57. The molecule has 43 heavy (non-hydrogen) atoms. The number of rotatable bonds is 7. The van der Waals surface area contributed by atoms with Crippen LogP contribution in [0.4, 0.5) is 5.82 Å². The number of allylic oxidation sites excluding steroid dienone is 1. The van der Waals surface area contributed by atoms with E-state index >= 15 is 0 Å². The molecular formula is C30H35ClN8O2S2. The van der Waals surface area contributed by atoms with Crippen molar-refractivity contribution in [3.8, 4) is 0 Å². The summed E-state index contributed by atoms with van der Waals surface area (Å²) in [6.45, 7) is 7.71. The molecule has 1 unspecified atom stereocenters. The Morgan fingerprint density at radius 3 is 2.67 bits per heavy atom. The lowest BCUT2D eigenvalue weighted by atomic mass is 9.72. The van der Waals surface area contributed by atoms with Crippen LogP contribution >= 0.6 is 35.3 Å². The van der Waals surface area contributed by atoms with E-state index in [1.807, 2.05) is 12.1 Å². The van der Waals surface area contributed by atoms with E-state index in [1.54, 1.807) is 29.0 Å². The molecule has 2 aromatic heterocycles. The molecule has 1 aromatic carbocycles. The Balaban J connectivity index is 1.10. The normalized spacial score (nSPS) is 21.6. The summed E-state index contributed by atoms with van der Waals surface area (Å²) in [7, 11) is 0. The number of anilines is 1. The van der Waals surface area contributed by atoms with Gasteiger partial charge in [0, 0.05) is 49.4 Å². The Morgan fingerprint density at radius 2 is 2.00 bits per heavy atom. The molecule has 0 amide bonds. The standard InChI is InChI=1S/C30H35ClN8O2S2/c1-17(32)25-28(37-9-7-30(8-10-37)13-20-26(27(30)33)39(20)42-2)34-14-22(36-25)43-21-4-3-19-23(24(21)31)29(40)38(16-35-19)15-18-5-11-41-12-6-18/h3-4,14,16,18,27H,1,5-13,15,32-33H2,2H3. The molecule has 3 aliphatic heterocycles. The summed E-state index contributed by atoms with van der Waals surface area (Å²) in [4.78, 5) is 30.6. The zero-order valence-corrected chi connectivity index (χ0v) is 26.5. The number of hydrogen-bond acceptors (Lipinski definition) is 11. The van der Waals surface area contributed by atoms with Gasteiger partial charge in [-0.15, -0.1) is 0 Å². The van der Waals surface area contributed by atoms with Gasteiger partial charge in [0.05, 0.1) is 51.6 Å². The van der Waals surface area contributed by atoms with Crippen LogP contribution in [-0.2, 0) is 11.3 Å². The van der Waals surface area contributed by atoms with Gasteiger partial charge in [0.2, 0.25) is 0 Å². The summed E-state index contributed by atoms with van der Waals surface area (Å²) < 4.78 is 9.42. The van der Waals surface area contributed by atoms with Gasteiger partial charge < -0.3 is 21.1 Å². The molecule has 1 spiro atoms. The number of fused-ring (bicyclic) bond motifs is 1. The fourth-order valence-corrected chi connectivity index (χ4v) is 8.74. The summed E-state index contributed by atoms with van der Waals surface area (Å²) in [5, 5.41) is 1.40. The maximum Gasteiger partial charge on any atom is 0.262 e. The third kappa shape index (κ3) is 5.10. The molecule has 2 fully saturated rings. The molecule has 13 heteroatoms. The van der Waals surface area contributed by atoms with Crippen LogP contribution in [0, 0.1) is 11.3 Å². The number of piperidine rings is 2. The molecule has 3 aromatic rings. The molecule has 5 heterocycles. The van der Waals surface area contributed by atoms with Gasteiger partial charge in [0.15, 0.2) is 5.82 Å². The van der Waals surface area contributed by atoms with Crippen LogP contribution in [0.15, 0.2) is 57.3 Å². The minimum atomic E-state index is -0.137. The van der Waals surface area contributed by atoms with E-state index in [-0.39, 0.29) is 17.0 Å². The van der Waals surface area contributed by atoms with E-state index in [0.717, 1.165) is 64.2 Å². The highest BCUT2D eigenvalue weighted by molar-refractivity contribution is 7.99. The monoisotopic (exact) mass is 638 g/mol. The first-order chi connectivity index (χ1) is 20.8. The molecule has 10 nitrogen and oxygen atoms in total. The fraction of sp³-hybridized carbons (Fsp3) is 0.467. The van der Waals surface area contributed by atoms with Crippen molar-refractivity contribution in [2.24, 2.45) is 22.8 Å². The number of hydrogen-bond donors (Lipinski definition) is 2. The quantitative estimate of drug-likeness (QED) is 0.356. The van der Waals surface area contributed by atoms with Gasteiger partial charge in [-0.3, -0.25) is 13.7 Å². The Morgan fingerprint density at radius 1 is 1.23 bits per heavy atom. The molecular weight excluding hydrogens is 604 g/mol. The largest absolute Gasteiger partial charge is 0.397 e. The lowest BCUT2D eigenvalue weighted by Crippen LogP contribution is -2.50. The highest BCUT2D eigenvalue weighted by atomic mass is 35.5. The van der Waals surface area contributed by atoms with E-state index in [2.05, 4.69) is 27.0 Å². The zero-order chi connectivity index (χ0) is 29.9. The smallest absolute Gasteiger partial charge is 0.262 e. The van der Waals surface area contributed by atoms with E-state index < -0.39 is 0 Å². The van der Waals surface area contributed by atoms with Gasteiger partial charge in [0.1, 0.15) is 10.7 Å². The highest BCUT2D eigenvalue weighted by Crippen LogP contribution is 2.60. The number of benzene rings is 1. The average molecular weight is 639 g/mol. The van der Waals surface area contributed by atoms with Gasteiger partial charge in [-0.2, -0.15) is 0 Å². The molecule has 2 saturated heterocycles. The first-order valence-corrected chi connectivity index (χ1v) is 17.0. The van der Waals surface area contributed by atoms with Crippen molar-refractivity contribution in [2.75, 3.05) is 37.5 Å². The summed E-state index contributed by atoms with van der Waals surface area (Å²) >= 11 is 9.95. The first kappa shape index (κ1) is 29.0. The van der Waals surface area contributed by atoms with E-state index in [9.17, 15) is 4.79 Å². The van der Waals surface area contributed by atoms with Crippen molar-refractivity contribution in [2.45, 2.75) is 54.6 Å². The zero-order valence-electron chi connectivity index (χ0n) is 24.1. The second-order valence-electron chi connectivity index (χ2n) is 11.9. The Labute approximate surface area is 264 Å². The number of nitrogens with two attached hydrogens (primary N) is 2. The van der Waals surface area contributed by atoms with Crippen LogP contribution in [0.5, 0.6) is 0 Å². The topological polar surface area (TPSA) is 128 Å². The van der Waals surface area contributed by atoms with Gasteiger partial charge in [-0.05, 0) is 62.1 Å². The van der Waals surface area contributed by atoms with Crippen LogP contribution in [0.2, 0.25) is 5.02 Å². The average Bonchev–Trinajstić information content (AvgIpc) is 3.64. The molecule has 0 radical (unpaired) electrons. The molecule has 0 bridgehead atoms. The Bertz CT molecular complexity index is 1700. The van der Waals surface area contributed by atoms with E-state index in [4.69, 9.17) is 37.8 Å². The minimum absolute atomic E-state index is 0.0961. The van der Waals surface area contributed by atoms with Crippen molar-refractivity contribution in [1.82, 2.24) is 23.8 Å². The lowest BCUT2D eigenvalue weighted by Gasteiger charge is -2.44. The van der Waals surface area contributed by atoms with E-state index in [0.29, 0.717) is 49.7 Å². The van der Waals surface area contributed by atoms with Crippen molar-refractivity contribution in [3.05, 3.63) is 63.7 Å². The van der Waals surface area contributed by atoms with Gasteiger partial charge in [-0.1, -0.05) is 29.9 Å². The molecule has 4 aliphatic rings. The first-order valence-electron chi connectivity index (χ1n) is 14.6. The second kappa shape index (κ2) is 11.3. The number of nitrogens with zero attached hydrogens (tertiary/aromatic N) is 6. The fourth-order valence-electron chi connectivity index (χ4n) is 6.84. The van der Waals surface area contributed by atoms with Crippen LogP contribution in [0.25, 0.3) is 16.6 Å². The predicted molar refractivity (Wildman–Crippen MR) is 173 cm³/mol. The van der Waals surface area contributed by atoms with Gasteiger partial charge in [-0.25, -0.2) is 15.0 Å². The molecule has 7 rings (SSSR count). The van der Waals surface area contributed by atoms with E-state index in [1.165, 1.54) is 23.2 Å². The summed E-state index contributed by atoms with van der Waals surface area (Å²) in [5.74, 6) is 1.12. The van der Waals surface area contributed by atoms with Crippen LogP contribution in [0.1, 0.15) is 37.8 Å². The molecule has 1 aliphatic carbocycles. The Hall–Kier alpha value is -2.77. The second-order valence-corrected chi connectivity index (χ2v) is 14.0. The van der Waals surface area contributed by atoms with Gasteiger partial charge >= 0.3 is 0 Å². The van der Waals surface area contributed by atoms with Crippen molar-refractivity contribution in [3.63, 3.8) is 0 Å². The van der Waals surface area contributed by atoms with Gasteiger partial charge in [0.25, 0.3) is 5.56 Å². The van der Waals surface area contributed by atoms with Crippen molar-refractivity contribution in [1.29, 1.82) is 0 Å². The van der Waals surface area contributed by atoms with Crippen LogP contribution in [-0.4, -0.2) is 62.4 Å². The SMILES string of the molecule is C=C(N)c1nc(Sc2ccc3ncn(CC4CCOCC4)c(=O)c3c2Cl)cnc1N1CCC2(CC1)CC1=C(C2N)N1SC. The van der Waals surface area contributed by atoms with Crippen molar-refractivity contribution < 1.29 is 4.74 Å². The number of aromatic nitrogens is 4. The molecule has 4 N–H and O–H groups in total. The Kier molecular flexibility index (Phi) is 7.61. The summed E-state index contributed by atoms with van der Waals surface area (Å²) in [6, 6.07) is 3.79. The maximum absolute atomic E-state index is 13.5. The third-order valence-electron chi connectivity index (χ3n) is 9.37. The predicted octanol–water partition coefficient (Wildman–Crippen LogP) is 4.47. The molecule has 0 saturated carbocycles. The van der Waals surface area contributed by atoms with Crippen LogP contribution in [0.3, 0.4) is 0 Å². The summed E-state index contributed by atoms with van der Waals surface area (Å²) in [6.07, 6.45) is 10.4. The lowest BCUT2D eigenvalue weighted by molar-refractivity contribution is 0.0609. The van der Waals surface area contributed by atoms with Crippen LogP contribution < -0.4 is 21.9 Å². The third-order valence-corrected chi connectivity index (χ3v) is 11.6. The molecule has 226 valence electrons. The summed E-state index contributed by atoms with van der Waals surface area (Å²) in [5.41, 5.74) is 17.2. The number of ether oxygens (including phenoxy) is 1. The molecule has 1 atom stereocenters. The minimum Gasteiger partial charge on any atom is -0.397 e. The van der Waals surface area contributed by atoms with Crippen molar-refractivity contribution >= 4 is 57.7 Å². The number of halogens is 1. The maximum atomic E-state index is 13.5.